The minimum Gasteiger partial charge on any atom is -0.504 e. The highest BCUT2D eigenvalue weighted by Crippen LogP contribution is 2.26. The summed E-state index contributed by atoms with van der Waals surface area (Å²) < 4.78 is 4.87. The van der Waals surface area contributed by atoms with Crippen molar-refractivity contribution in [1.29, 1.82) is 0 Å². The van der Waals surface area contributed by atoms with E-state index in [4.69, 9.17) is 4.42 Å². The zero-order valence-corrected chi connectivity index (χ0v) is 9.20. The number of nitrogens with zero attached hydrogens (tertiary/aromatic N) is 1. The normalized spacial score (nSPS) is 10.7. The number of amides is 1. The molecule has 6 nitrogen and oxygen atoms in total. The Morgan fingerprint density at radius 3 is 2.83 bits per heavy atom. The maximum Gasteiger partial charge on any atom is 0.307 e. The fourth-order valence-corrected chi connectivity index (χ4v) is 1.28. The average molecular weight is 246 g/mol. The molecule has 0 saturated heterocycles. The molecule has 0 spiro atoms. The largest absolute Gasteiger partial charge is 0.504 e. The Hall–Kier alpha value is -2.76. The Bertz CT molecular complexity index is 576. The van der Waals surface area contributed by atoms with Gasteiger partial charge in [0.15, 0.2) is 17.3 Å². The van der Waals surface area contributed by atoms with Gasteiger partial charge in [-0.05, 0) is 24.3 Å². The zero-order chi connectivity index (χ0) is 13.0. The van der Waals surface area contributed by atoms with Crippen molar-refractivity contribution in [3.8, 4) is 11.5 Å². The van der Waals surface area contributed by atoms with Gasteiger partial charge < -0.3 is 14.6 Å². The predicted octanol–water partition coefficient (Wildman–Crippen LogP) is 1.45. The number of aromatic hydroxyl groups is 2. The summed E-state index contributed by atoms with van der Waals surface area (Å²) in [5, 5.41) is 22.4. The van der Waals surface area contributed by atoms with Gasteiger partial charge in [-0.15, -0.1) is 0 Å². The molecule has 2 rings (SSSR count). The summed E-state index contributed by atoms with van der Waals surface area (Å²) in [7, 11) is 0. The molecule has 6 heteroatoms. The lowest BCUT2D eigenvalue weighted by Crippen LogP contribution is -2.16. The first-order chi connectivity index (χ1) is 8.68. The van der Waals surface area contributed by atoms with E-state index >= 15 is 0 Å². The van der Waals surface area contributed by atoms with Crippen LogP contribution in [-0.2, 0) is 0 Å². The summed E-state index contributed by atoms with van der Waals surface area (Å²) >= 11 is 0. The van der Waals surface area contributed by atoms with E-state index in [1.165, 1.54) is 30.7 Å². The summed E-state index contributed by atoms with van der Waals surface area (Å²) in [6.07, 6.45) is 2.59. The van der Waals surface area contributed by atoms with Crippen LogP contribution in [0.2, 0.25) is 0 Å². The summed E-state index contributed by atoms with van der Waals surface area (Å²) in [6, 6.07) is 7.51. The molecule has 0 atom stereocenters. The van der Waals surface area contributed by atoms with Gasteiger partial charge in [0.1, 0.15) is 0 Å². The van der Waals surface area contributed by atoms with Crippen LogP contribution in [0.15, 0.2) is 46.1 Å². The van der Waals surface area contributed by atoms with Crippen LogP contribution >= 0.6 is 0 Å². The van der Waals surface area contributed by atoms with Crippen LogP contribution in [0.1, 0.15) is 16.1 Å². The fourth-order valence-electron chi connectivity index (χ4n) is 1.28. The quantitative estimate of drug-likeness (QED) is 0.434. The maximum atomic E-state index is 11.4. The molecular formula is C12H10N2O4. The van der Waals surface area contributed by atoms with Crippen LogP contribution in [0.3, 0.4) is 0 Å². The first-order valence-corrected chi connectivity index (χ1v) is 5.06. The molecule has 18 heavy (non-hydrogen) atoms. The van der Waals surface area contributed by atoms with Gasteiger partial charge in [0, 0.05) is 5.56 Å². The van der Waals surface area contributed by atoms with Crippen molar-refractivity contribution < 1.29 is 19.4 Å². The highest BCUT2D eigenvalue weighted by Gasteiger charge is 2.06. The van der Waals surface area contributed by atoms with Crippen molar-refractivity contribution in [3.05, 3.63) is 47.9 Å². The Morgan fingerprint density at radius 2 is 2.11 bits per heavy atom. The third-order valence-corrected chi connectivity index (χ3v) is 2.16. The summed E-state index contributed by atoms with van der Waals surface area (Å²) in [6.45, 7) is 0. The molecule has 2 aromatic rings. The molecule has 0 aliphatic carbocycles. The van der Waals surface area contributed by atoms with Gasteiger partial charge in [-0.3, -0.25) is 4.79 Å². The number of furan rings is 1. The predicted molar refractivity (Wildman–Crippen MR) is 63.5 cm³/mol. The number of rotatable bonds is 3. The lowest BCUT2D eigenvalue weighted by molar-refractivity contribution is 0.0927. The smallest absolute Gasteiger partial charge is 0.307 e. The van der Waals surface area contributed by atoms with E-state index < -0.39 is 5.91 Å². The van der Waals surface area contributed by atoms with Gasteiger partial charge in [0.25, 0.3) is 0 Å². The van der Waals surface area contributed by atoms with Crippen LogP contribution in [0.5, 0.6) is 11.5 Å². The molecule has 0 aliphatic rings. The van der Waals surface area contributed by atoms with Crippen LogP contribution in [0.25, 0.3) is 0 Å². The monoisotopic (exact) mass is 246 g/mol. The topological polar surface area (TPSA) is 95.1 Å². The molecule has 1 aromatic carbocycles. The summed E-state index contributed by atoms with van der Waals surface area (Å²) in [5.41, 5.74) is 2.51. The third kappa shape index (κ3) is 2.49. The number of phenolic OH excluding ortho intramolecular Hbond substituents is 2. The molecular weight excluding hydrogens is 236 g/mol. The Morgan fingerprint density at radius 1 is 1.28 bits per heavy atom. The number of hydrogen-bond acceptors (Lipinski definition) is 5. The average Bonchev–Trinajstić information content (AvgIpc) is 2.88. The van der Waals surface area contributed by atoms with Crippen molar-refractivity contribution in [1.82, 2.24) is 5.43 Å². The number of phenols is 2. The number of hydrogen-bond donors (Lipinski definition) is 3. The molecule has 0 saturated carbocycles. The van der Waals surface area contributed by atoms with Gasteiger partial charge >= 0.3 is 5.91 Å². The van der Waals surface area contributed by atoms with E-state index in [9.17, 15) is 15.0 Å². The van der Waals surface area contributed by atoms with Gasteiger partial charge in [0.2, 0.25) is 0 Å². The Labute approximate surface area is 102 Å². The molecule has 0 radical (unpaired) electrons. The number of benzene rings is 1. The van der Waals surface area contributed by atoms with Crippen LogP contribution < -0.4 is 5.43 Å². The van der Waals surface area contributed by atoms with Crippen molar-refractivity contribution in [2.45, 2.75) is 0 Å². The molecule has 92 valence electrons. The second-order valence-electron chi connectivity index (χ2n) is 3.39. The highest BCUT2D eigenvalue weighted by atomic mass is 16.3. The standard InChI is InChI=1S/C12H10N2O4/c15-9-4-1-3-8(11(9)16)7-13-14-12(17)10-5-2-6-18-10/h1-7,15-16H,(H,14,17)/b13-7+. The minimum atomic E-state index is -0.504. The fraction of sp³-hybridized carbons (Fsp3) is 0. The van der Waals surface area contributed by atoms with E-state index in [2.05, 4.69) is 10.5 Å². The third-order valence-electron chi connectivity index (χ3n) is 2.16. The van der Waals surface area contributed by atoms with E-state index in [0.717, 1.165) is 0 Å². The molecule has 0 fully saturated rings. The first-order valence-electron chi connectivity index (χ1n) is 5.06. The SMILES string of the molecule is O=C(N/N=C/c1cccc(O)c1O)c1ccco1. The maximum absolute atomic E-state index is 11.4. The molecule has 1 heterocycles. The van der Waals surface area contributed by atoms with Crippen LogP contribution in [0, 0.1) is 0 Å². The highest BCUT2D eigenvalue weighted by molar-refractivity contribution is 5.92. The van der Waals surface area contributed by atoms with Crippen molar-refractivity contribution in [2.75, 3.05) is 0 Å². The number of carbonyl (C=O) groups is 1. The number of nitrogens with one attached hydrogen (secondary N) is 1. The molecule has 3 N–H and O–H groups in total. The van der Waals surface area contributed by atoms with E-state index in [1.807, 2.05) is 0 Å². The molecule has 0 aliphatic heterocycles. The second kappa shape index (κ2) is 5.05. The first kappa shape index (κ1) is 11.7. The lowest BCUT2D eigenvalue weighted by Gasteiger charge is -2.00. The van der Waals surface area contributed by atoms with Gasteiger partial charge in [-0.25, -0.2) is 5.43 Å². The van der Waals surface area contributed by atoms with Gasteiger partial charge in [0.05, 0.1) is 12.5 Å². The van der Waals surface area contributed by atoms with E-state index in [1.54, 1.807) is 12.1 Å². The van der Waals surface area contributed by atoms with Crippen molar-refractivity contribution in [2.24, 2.45) is 5.10 Å². The molecule has 1 aromatic heterocycles. The Kier molecular flexibility index (Phi) is 3.29. The zero-order valence-electron chi connectivity index (χ0n) is 9.20. The number of carbonyl (C=O) groups excluding carboxylic acids is 1. The molecule has 1 amide bonds. The second-order valence-corrected chi connectivity index (χ2v) is 3.39. The van der Waals surface area contributed by atoms with Crippen molar-refractivity contribution >= 4 is 12.1 Å². The summed E-state index contributed by atoms with van der Waals surface area (Å²) in [4.78, 5) is 11.4. The van der Waals surface area contributed by atoms with E-state index in [-0.39, 0.29) is 22.8 Å². The lowest BCUT2D eigenvalue weighted by atomic mass is 10.2. The minimum absolute atomic E-state index is 0.132. The van der Waals surface area contributed by atoms with Crippen LogP contribution in [-0.4, -0.2) is 22.3 Å². The number of para-hydroxylation sites is 1. The van der Waals surface area contributed by atoms with Gasteiger partial charge in [-0.1, -0.05) is 6.07 Å². The van der Waals surface area contributed by atoms with Gasteiger partial charge in [-0.2, -0.15) is 5.10 Å². The Balaban J connectivity index is 2.04. The van der Waals surface area contributed by atoms with E-state index in [0.29, 0.717) is 0 Å². The molecule has 0 bridgehead atoms. The van der Waals surface area contributed by atoms with Crippen LogP contribution in [0.4, 0.5) is 0 Å². The summed E-state index contributed by atoms with van der Waals surface area (Å²) in [5.74, 6) is -0.923. The number of hydrazone groups is 1. The van der Waals surface area contributed by atoms with Crippen molar-refractivity contribution in [3.63, 3.8) is 0 Å². The molecule has 0 unspecified atom stereocenters.